The van der Waals surface area contributed by atoms with Gasteiger partial charge in [-0.05, 0) is 48.0 Å². The Morgan fingerprint density at radius 2 is 1.71 bits per heavy atom. The van der Waals surface area contributed by atoms with E-state index < -0.39 is 15.9 Å². The third-order valence-corrected chi connectivity index (χ3v) is 6.96. The topological polar surface area (TPSA) is 88.9 Å². The van der Waals surface area contributed by atoms with Crippen molar-refractivity contribution >= 4 is 15.9 Å². The van der Waals surface area contributed by atoms with Gasteiger partial charge >= 0.3 is 0 Å². The van der Waals surface area contributed by atoms with Crippen LogP contribution in [0.3, 0.4) is 0 Å². The smallest absolute Gasteiger partial charge is 0.287 e. The van der Waals surface area contributed by atoms with Crippen molar-refractivity contribution in [3.63, 3.8) is 0 Å². The highest BCUT2D eigenvalue weighted by Gasteiger charge is 2.28. The number of carbonyl (C=O) groups is 1. The molecule has 2 aromatic carbocycles. The van der Waals surface area contributed by atoms with Crippen molar-refractivity contribution in [2.75, 3.05) is 26.3 Å². The fraction of sp³-hybridized carbons (Fsp3) is 0.227. The third-order valence-electron chi connectivity index (χ3n) is 4.96. The minimum Gasteiger partial charge on any atom is -0.451 e. The monoisotopic (exact) mass is 444 g/mol. The minimum atomic E-state index is -3.69. The lowest BCUT2D eigenvalue weighted by Gasteiger charge is -2.27. The summed E-state index contributed by atoms with van der Waals surface area (Å²) in [6.07, 6.45) is 0. The molecule has 1 N–H and O–H groups in total. The first kappa shape index (κ1) is 21.2. The number of hydrogen-bond acceptors (Lipinski definition) is 5. The molecule has 0 radical (unpaired) electrons. The van der Waals surface area contributed by atoms with Gasteiger partial charge in [-0.1, -0.05) is 18.2 Å². The number of halogens is 1. The maximum absolute atomic E-state index is 13.1. The van der Waals surface area contributed by atoms with Gasteiger partial charge in [0.25, 0.3) is 5.91 Å². The summed E-state index contributed by atoms with van der Waals surface area (Å²) in [6, 6.07) is 15.5. The Bertz CT molecular complexity index is 1170. The largest absolute Gasteiger partial charge is 0.451 e. The second-order valence-corrected chi connectivity index (χ2v) is 8.88. The molecule has 1 amide bonds. The number of morpholine rings is 1. The van der Waals surface area contributed by atoms with Gasteiger partial charge in [0, 0.05) is 25.2 Å². The Labute approximate surface area is 179 Å². The van der Waals surface area contributed by atoms with Crippen LogP contribution in [0, 0.1) is 5.82 Å². The van der Waals surface area contributed by atoms with E-state index in [1.165, 1.54) is 28.6 Å². The van der Waals surface area contributed by atoms with Crippen LogP contribution < -0.4 is 5.32 Å². The molecular formula is C22H21FN2O5S. The molecule has 162 valence electrons. The Balaban J connectivity index is 1.47. The van der Waals surface area contributed by atoms with Gasteiger partial charge in [0.2, 0.25) is 10.0 Å². The van der Waals surface area contributed by atoms with Gasteiger partial charge in [0.05, 0.1) is 18.1 Å². The van der Waals surface area contributed by atoms with Crippen LogP contribution in [-0.4, -0.2) is 44.9 Å². The van der Waals surface area contributed by atoms with Gasteiger partial charge in [0.1, 0.15) is 11.6 Å². The minimum absolute atomic E-state index is 0.0190. The number of nitrogens with zero attached hydrogens (tertiary/aromatic N) is 1. The van der Waals surface area contributed by atoms with Crippen LogP contribution >= 0.6 is 0 Å². The summed E-state index contributed by atoms with van der Waals surface area (Å²) in [5, 5.41) is 2.70. The van der Waals surface area contributed by atoms with Crippen molar-refractivity contribution in [2.24, 2.45) is 0 Å². The van der Waals surface area contributed by atoms with Crippen LogP contribution in [0.15, 0.2) is 70.0 Å². The van der Waals surface area contributed by atoms with Gasteiger partial charge in [-0.2, -0.15) is 4.31 Å². The molecule has 0 atom stereocenters. The quantitative estimate of drug-likeness (QED) is 0.631. The highest BCUT2D eigenvalue weighted by Crippen LogP contribution is 2.23. The molecule has 1 aliphatic rings. The normalized spacial score (nSPS) is 15.0. The van der Waals surface area contributed by atoms with Crippen molar-refractivity contribution in [3.8, 4) is 11.3 Å². The fourth-order valence-corrected chi connectivity index (χ4v) is 4.95. The maximum Gasteiger partial charge on any atom is 0.287 e. The number of furan rings is 1. The van der Waals surface area contributed by atoms with E-state index in [1.807, 2.05) is 0 Å². The van der Waals surface area contributed by atoms with Crippen molar-refractivity contribution < 1.29 is 26.8 Å². The molecular weight excluding hydrogens is 423 g/mol. The number of rotatable bonds is 6. The number of hydrogen-bond donors (Lipinski definition) is 1. The van der Waals surface area contributed by atoms with E-state index in [4.69, 9.17) is 9.15 Å². The van der Waals surface area contributed by atoms with E-state index in [2.05, 4.69) is 5.32 Å². The average molecular weight is 444 g/mol. The van der Waals surface area contributed by atoms with Crippen LogP contribution in [0.4, 0.5) is 4.39 Å². The highest BCUT2D eigenvalue weighted by molar-refractivity contribution is 7.89. The second kappa shape index (κ2) is 9.01. The summed E-state index contributed by atoms with van der Waals surface area (Å²) in [7, 11) is -3.69. The van der Waals surface area contributed by atoms with Gasteiger partial charge in [-0.25, -0.2) is 12.8 Å². The van der Waals surface area contributed by atoms with Crippen molar-refractivity contribution in [2.45, 2.75) is 11.4 Å². The molecule has 1 fully saturated rings. The molecule has 0 saturated carbocycles. The van der Waals surface area contributed by atoms with Gasteiger partial charge in [-0.15, -0.1) is 0 Å². The lowest BCUT2D eigenvalue weighted by molar-refractivity contribution is 0.0730. The molecule has 7 nitrogen and oxygen atoms in total. The number of amides is 1. The Kier molecular flexibility index (Phi) is 6.17. The van der Waals surface area contributed by atoms with E-state index in [1.54, 1.807) is 36.4 Å². The Morgan fingerprint density at radius 3 is 2.45 bits per heavy atom. The van der Waals surface area contributed by atoms with Crippen LogP contribution in [0.1, 0.15) is 16.1 Å². The zero-order valence-corrected chi connectivity index (χ0v) is 17.4. The lowest BCUT2D eigenvalue weighted by atomic mass is 10.2. The zero-order valence-electron chi connectivity index (χ0n) is 16.6. The van der Waals surface area contributed by atoms with Crippen molar-refractivity contribution in [1.82, 2.24) is 9.62 Å². The average Bonchev–Trinajstić information content (AvgIpc) is 3.29. The fourth-order valence-electron chi connectivity index (χ4n) is 3.32. The standard InChI is InChI=1S/C22H21FN2O5S/c23-18-7-5-16(6-8-18)19-9-10-20(30-19)22(26)24-15-17-3-1-2-4-21(17)31(27,28)25-11-13-29-14-12-25/h1-10H,11-15H2,(H,24,26). The van der Waals surface area contributed by atoms with Gasteiger partial charge in [-0.3, -0.25) is 4.79 Å². The van der Waals surface area contributed by atoms with E-state index in [0.29, 0.717) is 43.2 Å². The van der Waals surface area contributed by atoms with Gasteiger partial charge in [0.15, 0.2) is 5.76 Å². The molecule has 0 unspecified atom stereocenters. The molecule has 1 aliphatic heterocycles. The summed E-state index contributed by atoms with van der Waals surface area (Å²) >= 11 is 0. The van der Waals surface area contributed by atoms with E-state index in [9.17, 15) is 17.6 Å². The van der Waals surface area contributed by atoms with Crippen molar-refractivity contribution in [3.05, 3.63) is 77.8 Å². The van der Waals surface area contributed by atoms with Crippen LogP contribution in [0.2, 0.25) is 0 Å². The molecule has 2 heterocycles. The van der Waals surface area contributed by atoms with Crippen LogP contribution in [0.25, 0.3) is 11.3 Å². The SMILES string of the molecule is O=C(NCc1ccccc1S(=O)(=O)N1CCOCC1)c1ccc(-c2ccc(F)cc2)o1. The Morgan fingerprint density at radius 1 is 1.00 bits per heavy atom. The lowest BCUT2D eigenvalue weighted by Crippen LogP contribution is -2.41. The molecule has 1 saturated heterocycles. The van der Waals surface area contributed by atoms with E-state index in [-0.39, 0.29) is 23.0 Å². The molecule has 0 spiro atoms. The zero-order chi connectivity index (χ0) is 21.8. The van der Waals surface area contributed by atoms with Crippen molar-refractivity contribution in [1.29, 1.82) is 0 Å². The summed E-state index contributed by atoms with van der Waals surface area (Å²) in [6.45, 7) is 1.31. The predicted octanol–water partition coefficient (Wildman–Crippen LogP) is 3.04. The third kappa shape index (κ3) is 4.68. The second-order valence-electron chi connectivity index (χ2n) is 6.98. The molecule has 0 bridgehead atoms. The first-order valence-electron chi connectivity index (χ1n) is 9.75. The Hall–Kier alpha value is -3.01. The highest BCUT2D eigenvalue weighted by atomic mass is 32.2. The molecule has 9 heteroatoms. The first-order chi connectivity index (χ1) is 14.9. The maximum atomic E-state index is 13.1. The summed E-state index contributed by atoms with van der Waals surface area (Å²) < 4.78 is 51.3. The van der Waals surface area contributed by atoms with Crippen LogP contribution in [-0.2, 0) is 21.3 Å². The number of nitrogens with one attached hydrogen (secondary N) is 1. The molecule has 31 heavy (non-hydrogen) atoms. The van der Waals surface area contributed by atoms with E-state index >= 15 is 0 Å². The van der Waals surface area contributed by atoms with Crippen LogP contribution in [0.5, 0.6) is 0 Å². The number of carbonyl (C=O) groups excluding carboxylic acids is 1. The van der Waals surface area contributed by atoms with E-state index in [0.717, 1.165) is 0 Å². The molecule has 1 aromatic heterocycles. The summed E-state index contributed by atoms with van der Waals surface area (Å²) in [5.74, 6) is -0.334. The molecule has 0 aliphatic carbocycles. The number of benzene rings is 2. The summed E-state index contributed by atoms with van der Waals surface area (Å²) in [4.78, 5) is 12.7. The predicted molar refractivity (Wildman–Crippen MR) is 111 cm³/mol. The van der Waals surface area contributed by atoms with Gasteiger partial charge < -0.3 is 14.5 Å². The number of sulfonamides is 1. The summed E-state index contributed by atoms with van der Waals surface area (Å²) in [5.41, 5.74) is 1.12. The first-order valence-corrected chi connectivity index (χ1v) is 11.2. The number of ether oxygens (including phenoxy) is 1. The molecule has 3 aromatic rings. The molecule has 4 rings (SSSR count).